The average molecular weight is 578 g/mol. The third kappa shape index (κ3) is 5.11. The van der Waals surface area contributed by atoms with Crippen molar-refractivity contribution in [3.63, 3.8) is 0 Å². The first-order chi connectivity index (χ1) is 15.1. The summed E-state index contributed by atoms with van der Waals surface area (Å²) in [5, 5.41) is 11.4. The van der Waals surface area contributed by atoms with Crippen LogP contribution in [0.5, 0.6) is 0 Å². The van der Waals surface area contributed by atoms with Gasteiger partial charge in [-0.25, -0.2) is 4.98 Å². The summed E-state index contributed by atoms with van der Waals surface area (Å²) in [5.41, 5.74) is 0.0480. The molecule has 1 saturated carbocycles. The maximum atomic E-state index is 13.3. The van der Waals surface area contributed by atoms with Gasteiger partial charge in [-0.05, 0) is 72.5 Å². The number of nitrogens with one attached hydrogen (secondary N) is 2. The highest BCUT2D eigenvalue weighted by Gasteiger charge is 2.34. The van der Waals surface area contributed by atoms with Crippen molar-refractivity contribution in [3.05, 3.63) is 50.4 Å². The highest BCUT2D eigenvalue weighted by Crippen LogP contribution is 2.35. The third-order valence-corrected chi connectivity index (χ3v) is 6.51. The Hall–Kier alpha value is -2.08. The molecule has 4 rings (SSSR count). The van der Waals surface area contributed by atoms with E-state index in [4.69, 9.17) is 11.6 Å². The fourth-order valence-corrected chi connectivity index (χ4v) is 4.86. The minimum absolute atomic E-state index is 0.00674. The molecule has 2 aromatic heterocycles. The van der Waals surface area contributed by atoms with Crippen molar-refractivity contribution in [2.75, 3.05) is 5.32 Å². The van der Waals surface area contributed by atoms with E-state index in [2.05, 4.69) is 43.3 Å². The van der Waals surface area contributed by atoms with Crippen molar-refractivity contribution in [2.45, 2.75) is 43.9 Å². The molecule has 0 bridgehead atoms. The number of nitrogens with zero attached hydrogens (tertiary/aromatic N) is 3. The Bertz CT molecular complexity index is 1160. The first-order valence-corrected chi connectivity index (χ1v) is 11.5. The Morgan fingerprint density at radius 1 is 1.19 bits per heavy atom. The number of benzene rings is 1. The molecule has 0 saturated heterocycles. The summed E-state index contributed by atoms with van der Waals surface area (Å²) in [6, 6.07) is 5.64. The number of carbonyl (C=O) groups excluding carboxylic acids is 1. The molecule has 0 spiro atoms. The number of hydrogen-bond acceptors (Lipinski definition) is 4. The van der Waals surface area contributed by atoms with Gasteiger partial charge in [-0.2, -0.15) is 18.3 Å². The van der Waals surface area contributed by atoms with Gasteiger partial charge in [-0.3, -0.25) is 9.48 Å². The predicted molar refractivity (Wildman–Crippen MR) is 125 cm³/mol. The second-order valence-corrected chi connectivity index (χ2v) is 9.48. The van der Waals surface area contributed by atoms with E-state index in [1.54, 1.807) is 24.0 Å². The van der Waals surface area contributed by atoms with E-state index in [1.165, 1.54) is 12.1 Å². The van der Waals surface area contributed by atoms with E-state index in [0.717, 1.165) is 9.64 Å². The zero-order valence-electron chi connectivity index (χ0n) is 17.0. The lowest BCUT2D eigenvalue weighted by atomic mass is 9.90. The molecular formula is C21H20ClF3IN5O. The van der Waals surface area contributed by atoms with E-state index in [0.29, 0.717) is 47.5 Å². The summed E-state index contributed by atoms with van der Waals surface area (Å²) in [6.07, 6.45) is 0.0589. The Morgan fingerprint density at radius 3 is 2.50 bits per heavy atom. The number of fused-ring (bicyclic) bond motifs is 1. The zero-order valence-corrected chi connectivity index (χ0v) is 19.9. The number of rotatable bonds is 4. The van der Waals surface area contributed by atoms with Crippen molar-refractivity contribution in [1.29, 1.82) is 0 Å². The van der Waals surface area contributed by atoms with Crippen LogP contribution in [0.25, 0.3) is 10.9 Å². The van der Waals surface area contributed by atoms with Gasteiger partial charge in [0.05, 0.1) is 9.09 Å². The molecule has 0 radical (unpaired) electrons. The lowest BCUT2D eigenvalue weighted by Crippen LogP contribution is -2.40. The molecule has 2 heterocycles. The van der Waals surface area contributed by atoms with E-state index >= 15 is 0 Å². The van der Waals surface area contributed by atoms with Crippen LogP contribution < -0.4 is 10.6 Å². The average Bonchev–Trinajstić information content (AvgIpc) is 3.07. The van der Waals surface area contributed by atoms with Crippen LogP contribution in [0.2, 0.25) is 5.02 Å². The number of alkyl halides is 3. The highest BCUT2D eigenvalue weighted by atomic mass is 127. The van der Waals surface area contributed by atoms with Crippen molar-refractivity contribution in [1.82, 2.24) is 20.1 Å². The van der Waals surface area contributed by atoms with Gasteiger partial charge in [-0.15, -0.1) is 0 Å². The van der Waals surface area contributed by atoms with Crippen molar-refractivity contribution >= 4 is 56.7 Å². The van der Waals surface area contributed by atoms with Crippen molar-refractivity contribution in [3.8, 4) is 0 Å². The summed E-state index contributed by atoms with van der Waals surface area (Å²) < 4.78 is 42.4. The van der Waals surface area contributed by atoms with Crippen molar-refractivity contribution in [2.24, 2.45) is 7.05 Å². The van der Waals surface area contributed by atoms with Gasteiger partial charge in [0.25, 0.3) is 5.91 Å². The molecule has 1 aliphatic rings. The van der Waals surface area contributed by atoms with E-state index in [1.807, 2.05) is 0 Å². The summed E-state index contributed by atoms with van der Waals surface area (Å²) in [6.45, 7) is 0. The summed E-state index contributed by atoms with van der Waals surface area (Å²) in [7, 11) is 1.76. The molecule has 0 atom stereocenters. The fourth-order valence-electron chi connectivity index (χ4n) is 3.93. The molecule has 170 valence electrons. The summed E-state index contributed by atoms with van der Waals surface area (Å²) in [5.74, 6) is -0.212. The normalized spacial score (nSPS) is 19.2. The number of pyridine rings is 1. The number of amides is 1. The zero-order chi connectivity index (χ0) is 23.0. The molecule has 0 aliphatic heterocycles. The second kappa shape index (κ2) is 9.05. The van der Waals surface area contributed by atoms with Gasteiger partial charge >= 0.3 is 6.18 Å². The van der Waals surface area contributed by atoms with Crippen LogP contribution in [0.3, 0.4) is 0 Å². The number of aromatic nitrogens is 3. The lowest BCUT2D eigenvalue weighted by Gasteiger charge is -2.30. The number of anilines is 1. The minimum Gasteiger partial charge on any atom is -0.382 e. The van der Waals surface area contributed by atoms with Crippen molar-refractivity contribution < 1.29 is 18.0 Å². The van der Waals surface area contributed by atoms with E-state index < -0.39 is 11.9 Å². The van der Waals surface area contributed by atoms with Crippen LogP contribution in [0.4, 0.5) is 18.9 Å². The predicted octanol–water partition coefficient (Wildman–Crippen LogP) is 5.40. The number of halogens is 5. The Morgan fingerprint density at radius 2 is 1.88 bits per heavy atom. The first kappa shape index (κ1) is 23.1. The van der Waals surface area contributed by atoms with E-state index in [-0.39, 0.29) is 23.5 Å². The molecular weight excluding hydrogens is 558 g/mol. The molecule has 2 N–H and O–H groups in total. The molecule has 3 aromatic rings. The summed E-state index contributed by atoms with van der Waals surface area (Å²) in [4.78, 5) is 16.2. The molecule has 1 amide bonds. The SMILES string of the molecule is Cn1cc(I)c(C(=O)N[C@H]2CC[C@@H](Nc3cc(C(F)(F)F)nc4ccc(Cl)cc34)CC2)n1. The molecule has 1 fully saturated rings. The molecule has 1 aliphatic carbocycles. The van der Waals surface area contributed by atoms with Crippen LogP contribution in [-0.2, 0) is 13.2 Å². The standard InChI is InChI=1S/C21H20ClF3IN5O/c1-31-10-15(26)19(30-31)20(32)28-13-5-3-12(4-6-13)27-17-9-18(21(23,24)25)29-16-7-2-11(22)8-14(16)17/h2,7-10,12-13H,3-6H2,1H3,(H,27,29)(H,28,32)/t12-,13+. The smallest absolute Gasteiger partial charge is 0.382 e. The van der Waals surface area contributed by atoms with Crippen LogP contribution in [0.15, 0.2) is 30.5 Å². The number of hydrogen-bond donors (Lipinski definition) is 2. The van der Waals surface area contributed by atoms with Gasteiger partial charge in [0, 0.05) is 41.4 Å². The molecule has 32 heavy (non-hydrogen) atoms. The van der Waals surface area contributed by atoms with Gasteiger partial charge in [-0.1, -0.05) is 11.6 Å². The maximum Gasteiger partial charge on any atom is 0.433 e. The van der Waals surface area contributed by atoms with Gasteiger partial charge < -0.3 is 10.6 Å². The van der Waals surface area contributed by atoms with Gasteiger partial charge in [0.1, 0.15) is 5.69 Å². The first-order valence-electron chi connectivity index (χ1n) is 10.0. The fraction of sp³-hybridized carbons (Fsp3) is 0.381. The lowest BCUT2D eigenvalue weighted by molar-refractivity contribution is -0.140. The molecule has 0 unspecified atom stereocenters. The Labute approximate surface area is 201 Å². The number of carbonyl (C=O) groups is 1. The topological polar surface area (TPSA) is 71.8 Å². The third-order valence-electron chi connectivity index (χ3n) is 5.48. The molecule has 1 aromatic carbocycles. The second-order valence-electron chi connectivity index (χ2n) is 7.88. The Balaban J connectivity index is 1.45. The van der Waals surface area contributed by atoms with Crippen LogP contribution in [0, 0.1) is 3.57 Å². The van der Waals surface area contributed by atoms with E-state index in [9.17, 15) is 18.0 Å². The molecule has 11 heteroatoms. The van der Waals surface area contributed by atoms with Gasteiger partial charge in [0.15, 0.2) is 5.69 Å². The monoisotopic (exact) mass is 577 g/mol. The molecule has 6 nitrogen and oxygen atoms in total. The quantitative estimate of drug-likeness (QED) is 0.408. The van der Waals surface area contributed by atoms with Gasteiger partial charge in [0.2, 0.25) is 0 Å². The Kier molecular flexibility index (Phi) is 6.53. The number of aryl methyl sites for hydroxylation is 1. The summed E-state index contributed by atoms with van der Waals surface area (Å²) >= 11 is 8.14. The van der Waals surface area contributed by atoms with Crippen LogP contribution >= 0.6 is 34.2 Å². The van der Waals surface area contributed by atoms with Crippen LogP contribution in [0.1, 0.15) is 41.9 Å². The minimum atomic E-state index is -4.55. The van der Waals surface area contributed by atoms with Crippen LogP contribution in [-0.4, -0.2) is 32.8 Å². The highest BCUT2D eigenvalue weighted by molar-refractivity contribution is 14.1. The maximum absolute atomic E-state index is 13.3. The largest absolute Gasteiger partial charge is 0.433 e.